The Morgan fingerprint density at radius 2 is 2.24 bits per heavy atom. The van der Waals surface area contributed by atoms with Crippen LogP contribution in [0, 0.1) is 10.1 Å². The lowest BCUT2D eigenvalue weighted by Crippen LogP contribution is -1.94. The highest BCUT2D eigenvalue weighted by molar-refractivity contribution is 5.56. The highest BCUT2D eigenvalue weighted by atomic mass is 16.6. The third kappa shape index (κ3) is 2.06. The second-order valence-electron chi connectivity index (χ2n) is 3.08. The van der Waals surface area contributed by atoms with E-state index in [1.807, 2.05) is 0 Å². The van der Waals surface area contributed by atoms with Crippen molar-refractivity contribution in [2.24, 2.45) is 5.11 Å². The van der Waals surface area contributed by atoms with Crippen molar-refractivity contribution >= 4 is 11.4 Å². The van der Waals surface area contributed by atoms with Crippen LogP contribution in [0.3, 0.4) is 0 Å². The molecule has 2 rings (SSSR count). The molecule has 1 aromatic heterocycles. The molecule has 0 saturated carbocycles. The fourth-order valence-corrected chi connectivity index (χ4v) is 1.33. The molecule has 0 N–H and O–H groups in total. The maximum absolute atomic E-state index is 10.5. The number of benzene rings is 1. The molecule has 8 heteroatoms. The van der Waals surface area contributed by atoms with E-state index in [0.717, 1.165) is 6.20 Å². The summed E-state index contributed by atoms with van der Waals surface area (Å²) >= 11 is 0. The molecule has 2 aromatic rings. The normalized spacial score (nSPS) is 9.65. The molecule has 0 atom stereocenters. The first-order chi connectivity index (χ1) is 8.22. The van der Waals surface area contributed by atoms with Crippen molar-refractivity contribution < 1.29 is 4.92 Å². The van der Waals surface area contributed by atoms with Gasteiger partial charge in [0.25, 0.3) is 0 Å². The van der Waals surface area contributed by atoms with E-state index >= 15 is 0 Å². The fraction of sp³-hybridized carbons (Fsp3) is 0. The van der Waals surface area contributed by atoms with Crippen molar-refractivity contribution in [1.82, 2.24) is 9.78 Å². The Hall–Kier alpha value is -2.86. The smallest absolute Gasteiger partial charge is 0.258 e. The van der Waals surface area contributed by atoms with Crippen LogP contribution in [0.25, 0.3) is 16.1 Å². The predicted molar refractivity (Wildman–Crippen MR) is 59.0 cm³/mol. The van der Waals surface area contributed by atoms with Gasteiger partial charge in [-0.1, -0.05) is 23.3 Å². The van der Waals surface area contributed by atoms with E-state index in [9.17, 15) is 10.1 Å². The van der Waals surface area contributed by atoms with Crippen molar-refractivity contribution in [3.05, 3.63) is 57.2 Å². The van der Waals surface area contributed by atoms with Gasteiger partial charge in [-0.25, -0.2) is 4.68 Å². The molecule has 1 heterocycles. The van der Waals surface area contributed by atoms with Crippen LogP contribution in [0.5, 0.6) is 0 Å². The summed E-state index contributed by atoms with van der Waals surface area (Å²) in [6.45, 7) is 0. The number of rotatable bonds is 3. The zero-order valence-corrected chi connectivity index (χ0v) is 8.46. The van der Waals surface area contributed by atoms with E-state index in [4.69, 9.17) is 5.53 Å². The van der Waals surface area contributed by atoms with Gasteiger partial charge in [0.1, 0.15) is 12.4 Å². The van der Waals surface area contributed by atoms with Gasteiger partial charge in [-0.2, -0.15) is 5.10 Å². The van der Waals surface area contributed by atoms with Crippen LogP contribution >= 0.6 is 0 Å². The highest BCUT2D eigenvalue weighted by Gasteiger charge is 2.11. The minimum atomic E-state index is -0.542. The van der Waals surface area contributed by atoms with Gasteiger partial charge >= 0.3 is 5.69 Å². The second-order valence-corrected chi connectivity index (χ2v) is 3.08. The molecule has 0 unspecified atom stereocenters. The third-order valence-corrected chi connectivity index (χ3v) is 2.06. The van der Waals surface area contributed by atoms with E-state index in [-0.39, 0.29) is 5.69 Å². The van der Waals surface area contributed by atoms with Gasteiger partial charge < -0.3 is 0 Å². The third-order valence-electron chi connectivity index (χ3n) is 2.06. The number of hydrogen-bond acceptors (Lipinski definition) is 4. The molecule has 17 heavy (non-hydrogen) atoms. The summed E-state index contributed by atoms with van der Waals surface area (Å²) in [5.41, 5.74) is 9.12. The summed E-state index contributed by atoms with van der Waals surface area (Å²) in [7, 11) is 0. The molecule has 0 saturated heterocycles. The van der Waals surface area contributed by atoms with Gasteiger partial charge in [0, 0.05) is 4.91 Å². The Labute approximate surface area is 94.9 Å². The minimum Gasteiger partial charge on any atom is -0.258 e. The predicted octanol–water partition coefficient (Wildman–Crippen LogP) is 2.72. The molecule has 0 bridgehead atoms. The van der Waals surface area contributed by atoms with E-state index < -0.39 is 4.92 Å². The van der Waals surface area contributed by atoms with E-state index in [1.165, 1.54) is 10.9 Å². The van der Waals surface area contributed by atoms with E-state index in [0.29, 0.717) is 11.4 Å². The Balaban J connectivity index is 2.52. The largest absolute Gasteiger partial charge is 0.307 e. The Morgan fingerprint density at radius 1 is 1.47 bits per heavy atom. The van der Waals surface area contributed by atoms with Crippen molar-refractivity contribution in [3.8, 4) is 5.69 Å². The molecule has 1 aromatic carbocycles. The average Bonchev–Trinajstić information content (AvgIpc) is 2.79. The summed E-state index contributed by atoms with van der Waals surface area (Å²) in [5.74, 6) is 0. The summed E-state index contributed by atoms with van der Waals surface area (Å²) in [6.07, 6.45) is 2.39. The molecule has 0 aliphatic carbocycles. The summed E-state index contributed by atoms with van der Waals surface area (Å²) < 4.78 is 1.29. The van der Waals surface area contributed by atoms with E-state index in [1.54, 1.807) is 24.3 Å². The van der Waals surface area contributed by atoms with Crippen LogP contribution < -0.4 is 0 Å². The summed E-state index contributed by atoms with van der Waals surface area (Å²) in [5, 5.41) is 17.9. The highest BCUT2D eigenvalue weighted by Crippen LogP contribution is 2.23. The topological polar surface area (TPSA) is 110 Å². The van der Waals surface area contributed by atoms with Gasteiger partial charge in [-0.3, -0.25) is 10.1 Å². The molecule has 0 amide bonds. The first kappa shape index (κ1) is 10.7. The average molecular weight is 230 g/mol. The molecule has 0 spiro atoms. The summed E-state index contributed by atoms with van der Waals surface area (Å²) in [4.78, 5) is 12.7. The zero-order valence-electron chi connectivity index (χ0n) is 8.46. The lowest BCUT2D eigenvalue weighted by molar-refractivity contribution is -0.384. The van der Waals surface area contributed by atoms with Crippen molar-refractivity contribution in [2.45, 2.75) is 0 Å². The van der Waals surface area contributed by atoms with E-state index in [2.05, 4.69) is 15.1 Å². The van der Waals surface area contributed by atoms with Crippen molar-refractivity contribution in [2.75, 3.05) is 0 Å². The monoisotopic (exact) mass is 230 g/mol. The van der Waals surface area contributed by atoms with Gasteiger partial charge in [-0.05, 0) is 11.6 Å². The molecule has 0 fully saturated rings. The number of para-hydroxylation sites is 1. The molecule has 0 radical (unpaired) electrons. The zero-order chi connectivity index (χ0) is 12.3. The molecule has 0 aliphatic heterocycles. The Morgan fingerprint density at radius 3 is 2.88 bits per heavy atom. The van der Waals surface area contributed by atoms with Crippen LogP contribution in [0.1, 0.15) is 0 Å². The Kier molecular flexibility index (Phi) is 2.71. The van der Waals surface area contributed by atoms with Gasteiger partial charge in [0.2, 0.25) is 0 Å². The lowest BCUT2D eigenvalue weighted by atomic mass is 10.3. The fourth-order valence-electron chi connectivity index (χ4n) is 1.33. The first-order valence-electron chi connectivity index (χ1n) is 4.56. The molecular weight excluding hydrogens is 224 g/mol. The second kappa shape index (κ2) is 4.33. The quantitative estimate of drug-likeness (QED) is 0.265. The van der Waals surface area contributed by atoms with Gasteiger partial charge in [-0.15, -0.1) is 0 Å². The lowest BCUT2D eigenvalue weighted by Gasteiger charge is -2.03. The van der Waals surface area contributed by atoms with Crippen LogP contribution in [-0.2, 0) is 0 Å². The number of nitrogens with zero attached hydrogens (tertiary/aromatic N) is 6. The number of aromatic nitrogens is 2. The maximum Gasteiger partial charge on any atom is 0.307 e. The van der Waals surface area contributed by atoms with Crippen LogP contribution in [0.4, 0.5) is 11.4 Å². The SMILES string of the molecule is [N-]=[N+]=Nc1ccccc1-n1cc([N+](=O)[O-])cn1. The molecular formula is C9H6N6O2. The number of azide groups is 1. The van der Waals surface area contributed by atoms with Crippen LogP contribution in [0.2, 0.25) is 0 Å². The number of nitro groups is 1. The van der Waals surface area contributed by atoms with Crippen molar-refractivity contribution in [1.29, 1.82) is 0 Å². The molecule has 84 valence electrons. The van der Waals surface area contributed by atoms with Crippen LogP contribution in [0.15, 0.2) is 41.8 Å². The standard InChI is InChI=1S/C9H6N6O2/c10-13-12-8-3-1-2-4-9(8)14-6-7(5-11-14)15(16)17/h1-6H. The number of hydrogen-bond donors (Lipinski definition) is 0. The molecule has 8 nitrogen and oxygen atoms in total. The summed E-state index contributed by atoms with van der Waals surface area (Å²) in [6, 6.07) is 6.67. The van der Waals surface area contributed by atoms with Crippen LogP contribution in [-0.4, -0.2) is 14.7 Å². The van der Waals surface area contributed by atoms with Crippen molar-refractivity contribution in [3.63, 3.8) is 0 Å². The molecule has 0 aliphatic rings. The van der Waals surface area contributed by atoms with Gasteiger partial charge in [0.05, 0.1) is 16.3 Å². The Bertz CT molecular complexity index is 613. The maximum atomic E-state index is 10.5. The van der Waals surface area contributed by atoms with Gasteiger partial charge in [0.15, 0.2) is 0 Å². The minimum absolute atomic E-state index is 0.124. The first-order valence-corrected chi connectivity index (χ1v) is 4.56.